The molecule has 2 amide bonds. The molecule has 10 heteroatoms. The van der Waals surface area contributed by atoms with Crippen LogP contribution in [-0.2, 0) is 26.2 Å². The lowest BCUT2D eigenvalue weighted by atomic mass is 10.1. The highest BCUT2D eigenvalue weighted by Crippen LogP contribution is 2.30. The molecule has 0 saturated heterocycles. The lowest BCUT2D eigenvalue weighted by molar-refractivity contribution is -0.139. The van der Waals surface area contributed by atoms with Crippen LogP contribution in [0.1, 0.15) is 37.0 Å². The van der Waals surface area contributed by atoms with E-state index in [0.717, 1.165) is 16.3 Å². The summed E-state index contributed by atoms with van der Waals surface area (Å²) in [4.78, 5) is 28.3. The number of benzene rings is 3. The average molecular weight is 591 g/mol. The van der Waals surface area contributed by atoms with E-state index < -0.39 is 28.5 Å². The summed E-state index contributed by atoms with van der Waals surface area (Å²) < 4.78 is 28.9. The molecule has 0 aromatic heterocycles. The van der Waals surface area contributed by atoms with Crippen molar-refractivity contribution in [3.63, 3.8) is 0 Å². The maximum Gasteiger partial charge on any atom is 0.264 e. The van der Waals surface area contributed by atoms with Crippen molar-refractivity contribution >= 4 is 50.7 Å². The molecule has 0 fully saturated rings. The van der Waals surface area contributed by atoms with Gasteiger partial charge in [0.25, 0.3) is 10.0 Å². The number of rotatable bonds is 11. The van der Waals surface area contributed by atoms with Crippen LogP contribution in [0.25, 0.3) is 0 Å². The Balaban J connectivity index is 2.06. The second-order valence-electron chi connectivity index (χ2n) is 9.37. The van der Waals surface area contributed by atoms with E-state index in [-0.39, 0.29) is 23.0 Å². The Morgan fingerprint density at radius 3 is 2.26 bits per heavy atom. The standard InChI is InChI=1S/C29H33Cl2N3O4S/c1-5-15-32-29(36)22(4)33(18-23-7-6-8-24(30)16-23)28(35)19-34(27-17-25(31)12-11-21(27)3)39(37,38)26-13-9-20(2)10-14-26/h6-14,16-17,22H,5,15,18-19H2,1-4H3,(H,32,36)/t22-/m1/s1. The van der Waals surface area contributed by atoms with Gasteiger partial charge in [0.2, 0.25) is 11.8 Å². The highest BCUT2D eigenvalue weighted by molar-refractivity contribution is 7.92. The average Bonchev–Trinajstić information content (AvgIpc) is 2.90. The third kappa shape index (κ3) is 7.75. The third-order valence-corrected chi connectivity index (χ3v) is 8.53. The van der Waals surface area contributed by atoms with E-state index in [1.807, 2.05) is 13.8 Å². The number of aryl methyl sites for hydroxylation is 2. The SMILES string of the molecule is CCCNC(=O)[C@@H](C)N(Cc1cccc(Cl)c1)C(=O)CN(c1cc(Cl)ccc1C)S(=O)(=O)c1ccc(C)cc1. The summed E-state index contributed by atoms with van der Waals surface area (Å²) in [6.07, 6.45) is 0.733. The van der Waals surface area contributed by atoms with Gasteiger partial charge in [-0.1, -0.05) is 66.0 Å². The minimum Gasteiger partial charge on any atom is -0.354 e. The van der Waals surface area contributed by atoms with Crippen LogP contribution in [0.15, 0.2) is 71.6 Å². The van der Waals surface area contributed by atoms with Gasteiger partial charge in [0.1, 0.15) is 12.6 Å². The summed E-state index contributed by atoms with van der Waals surface area (Å²) in [6.45, 7) is 7.14. The Kier molecular flexibility index (Phi) is 10.4. The molecular weight excluding hydrogens is 557 g/mol. The maximum absolute atomic E-state index is 13.9. The number of hydrogen-bond acceptors (Lipinski definition) is 4. The molecule has 1 N–H and O–H groups in total. The van der Waals surface area contributed by atoms with E-state index in [1.54, 1.807) is 62.4 Å². The molecule has 3 aromatic rings. The number of anilines is 1. The molecule has 0 heterocycles. The fourth-order valence-corrected chi connectivity index (χ4v) is 5.86. The van der Waals surface area contributed by atoms with Crippen molar-refractivity contribution < 1.29 is 18.0 Å². The van der Waals surface area contributed by atoms with E-state index in [1.165, 1.54) is 23.1 Å². The smallest absolute Gasteiger partial charge is 0.264 e. The molecule has 208 valence electrons. The second kappa shape index (κ2) is 13.3. The van der Waals surface area contributed by atoms with Crippen LogP contribution in [-0.4, -0.2) is 44.3 Å². The number of amides is 2. The van der Waals surface area contributed by atoms with Gasteiger partial charge in [0.15, 0.2) is 0 Å². The fourth-order valence-electron chi connectivity index (χ4n) is 4.01. The van der Waals surface area contributed by atoms with Crippen molar-refractivity contribution in [2.24, 2.45) is 0 Å². The van der Waals surface area contributed by atoms with Crippen LogP contribution in [0.2, 0.25) is 10.0 Å². The van der Waals surface area contributed by atoms with Gasteiger partial charge in [0.05, 0.1) is 10.6 Å². The molecule has 3 aromatic carbocycles. The number of sulfonamides is 1. The maximum atomic E-state index is 13.9. The van der Waals surface area contributed by atoms with E-state index in [4.69, 9.17) is 23.2 Å². The first-order valence-corrected chi connectivity index (χ1v) is 14.8. The lowest BCUT2D eigenvalue weighted by Gasteiger charge is -2.32. The van der Waals surface area contributed by atoms with Crippen molar-refractivity contribution in [1.82, 2.24) is 10.2 Å². The molecule has 7 nitrogen and oxygen atoms in total. The first-order chi connectivity index (χ1) is 18.4. The van der Waals surface area contributed by atoms with Crippen LogP contribution >= 0.6 is 23.2 Å². The monoisotopic (exact) mass is 589 g/mol. The van der Waals surface area contributed by atoms with Crippen LogP contribution in [0.3, 0.4) is 0 Å². The lowest BCUT2D eigenvalue weighted by Crippen LogP contribution is -2.51. The van der Waals surface area contributed by atoms with Gasteiger partial charge in [-0.3, -0.25) is 13.9 Å². The topological polar surface area (TPSA) is 86.8 Å². The summed E-state index contributed by atoms with van der Waals surface area (Å²) in [5.41, 5.74) is 2.51. The Labute approximate surface area is 240 Å². The summed E-state index contributed by atoms with van der Waals surface area (Å²) in [6, 6.07) is 17.4. The third-order valence-electron chi connectivity index (χ3n) is 6.29. The van der Waals surface area contributed by atoms with E-state index in [9.17, 15) is 18.0 Å². The van der Waals surface area contributed by atoms with Crippen molar-refractivity contribution in [3.8, 4) is 0 Å². The number of carbonyl (C=O) groups excluding carboxylic acids is 2. The van der Waals surface area contributed by atoms with Gasteiger partial charge in [-0.2, -0.15) is 0 Å². The highest BCUT2D eigenvalue weighted by Gasteiger charge is 2.33. The van der Waals surface area contributed by atoms with E-state index in [2.05, 4.69) is 5.32 Å². The van der Waals surface area contributed by atoms with Gasteiger partial charge < -0.3 is 10.2 Å². The normalized spacial score (nSPS) is 12.1. The van der Waals surface area contributed by atoms with Gasteiger partial charge in [-0.15, -0.1) is 0 Å². The molecule has 0 radical (unpaired) electrons. The van der Waals surface area contributed by atoms with Crippen LogP contribution < -0.4 is 9.62 Å². The van der Waals surface area contributed by atoms with Crippen LogP contribution in [0.4, 0.5) is 5.69 Å². The molecule has 0 aliphatic heterocycles. The molecule has 0 aliphatic carbocycles. The Bertz CT molecular complexity index is 1430. The zero-order chi connectivity index (χ0) is 28.7. The number of nitrogens with zero attached hydrogens (tertiary/aromatic N) is 2. The number of carbonyl (C=O) groups is 2. The molecule has 0 bridgehead atoms. The Hall–Kier alpha value is -3.07. The molecule has 39 heavy (non-hydrogen) atoms. The zero-order valence-electron chi connectivity index (χ0n) is 22.4. The Morgan fingerprint density at radius 2 is 1.62 bits per heavy atom. The van der Waals surface area contributed by atoms with Gasteiger partial charge in [-0.05, 0) is 74.7 Å². The summed E-state index contributed by atoms with van der Waals surface area (Å²) in [5.74, 6) is -0.886. The number of nitrogens with one attached hydrogen (secondary N) is 1. The van der Waals surface area contributed by atoms with E-state index in [0.29, 0.717) is 27.7 Å². The molecule has 0 aliphatic rings. The van der Waals surface area contributed by atoms with Crippen molar-refractivity contribution in [2.75, 3.05) is 17.4 Å². The van der Waals surface area contributed by atoms with Crippen LogP contribution in [0, 0.1) is 13.8 Å². The van der Waals surface area contributed by atoms with Crippen molar-refractivity contribution in [1.29, 1.82) is 0 Å². The molecule has 0 spiro atoms. The molecule has 0 unspecified atom stereocenters. The van der Waals surface area contributed by atoms with Gasteiger partial charge in [0, 0.05) is 23.1 Å². The fraction of sp³-hybridized carbons (Fsp3) is 0.310. The predicted molar refractivity (Wildman–Crippen MR) is 157 cm³/mol. The van der Waals surface area contributed by atoms with Crippen molar-refractivity contribution in [2.45, 2.75) is 51.6 Å². The summed E-state index contributed by atoms with van der Waals surface area (Å²) >= 11 is 12.4. The number of halogens is 2. The zero-order valence-corrected chi connectivity index (χ0v) is 24.8. The van der Waals surface area contributed by atoms with E-state index >= 15 is 0 Å². The van der Waals surface area contributed by atoms with Crippen LogP contribution in [0.5, 0.6) is 0 Å². The summed E-state index contributed by atoms with van der Waals surface area (Å²) in [7, 11) is -4.17. The molecule has 0 saturated carbocycles. The second-order valence-corrected chi connectivity index (χ2v) is 12.1. The van der Waals surface area contributed by atoms with Gasteiger partial charge >= 0.3 is 0 Å². The first-order valence-electron chi connectivity index (χ1n) is 12.6. The summed E-state index contributed by atoms with van der Waals surface area (Å²) in [5, 5.41) is 3.64. The van der Waals surface area contributed by atoms with Crippen molar-refractivity contribution in [3.05, 3.63) is 93.5 Å². The highest BCUT2D eigenvalue weighted by atomic mass is 35.5. The largest absolute Gasteiger partial charge is 0.354 e. The number of hydrogen-bond donors (Lipinski definition) is 1. The minimum atomic E-state index is -4.17. The molecule has 1 atom stereocenters. The molecular formula is C29H33Cl2N3O4S. The first kappa shape index (κ1) is 30.5. The van der Waals surface area contributed by atoms with Gasteiger partial charge in [-0.25, -0.2) is 8.42 Å². The molecule has 3 rings (SSSR count). The Morgan fingerprint density at radius 1 is 0.949 bits per heavy atom. The predicted octanol–water partition coefficient (Wildman–Crippen LogP) is 5.75. The minimum absolute atomic E-state index is 0.0374. The quantitative estimate of drug-likeness (QED) is 0.308.